The number of likely N-dealkylation sites (tertiary alicyclic amines) is 1. The molecule has 2 unspecified atom stereocenters. The molecule has 19 heavy (non-hydrogen) atoms. The van der Waals surface area contributed by atoms with Crippen molar-refractivity contribution in [2.24, 2.45) is 5.92 Å². The number of nitrogens with zero attached hydrogens (tertiary/aromatic N) is 1. The molecule has 1 fully saturated rings. The molecule has 2 atom stereocenters. The zero-order valence-electron chi connectivity index (χ0n) is 11.3. The maximum Gasteiger partial charge on any atom is 0.222 e. The van der Waals surface area contributed by atoms with Crippen LogP contribution in [0.25, 0.3) is 0 Å². The van der Waals surface area contributed by atoms with Crippen LogP contribution in [0.4, 0.5) is 0 Å². The summed E-state index contributed by atoms with van der Waals surface area (Å²) in [6, 6.07) is 0. The van der Waals surface area contributed by atoms with Crippen LogP contribution in [0.15, 0.2) is 35.3 Å². The fourth-order valence-electron chi connectivity index (χ4n) is 3.06. The Morgan fingerprint density at radius 3 is 2.89 bits per heavy atom. The summed E-state index contributed by atoms with van der Waals surface area (Å²) in [6.07, 6.45) is 14.2. The highest BCUT2D eigenvalue weighted by Gasteiger charge is 2.28. The number of carbonyl (C=O) groups excluding carboxylic acids is 1. The summed E-state index contributed by atoms with van der Waals surface area (Å²) >= 11 is 1.91. The van der Waals surface area contributed by atoms with Crippen LogP contribution in [0.3, 0.4) is 0 Å². The molecule has 0 saturated carbocycles. The minimum atomic E-state index is 0.347. The zero-order chi connectivity index (χ0) is 13.1. The van der Waals surface area contributed by atoms with Crippen molar-refractivity contribution in [3.8, 4) is 0 Å². The van der Waals surface area contributed by atoms with E-state index in [0.717, 1.165) is 25.9 Å². The third-order valence-electron chi connectivity index (χ3n) is 4.19. The first kappa shape index (κ1) is 13.0. The average molecular weight is 275 g/mol. The van der Waals surface area contributed by atoms with Gasteiger partial charge in [-0.15, -0.1) is 11.8 Å². The summed E-state index contributed by atoms with van der Waals surface area (Å²) in [5.74, 6) is 0.870. The number of allylic oxidation sites excluding steroid dienone is 4. The van der Waals surface area contributed by atoms with E-state index in [1.54, 1.807) is 0 Å². The molecular weight excluding hydrogens is 254 g/mol. The van der Waals surface area contributed by atoms with Crippen molar-refractivity contribution >= 4 is 17.7 Å². The molecule has 0 aromatic rings. The fraction of sp³-hybridized carbons (Fsp3) is 0.562. The van der Waals surface area contributed by atoms with E-state index < -0.39 is 0 Å². The van der Waals surface area contributed by atoms with E-state index >= 15 is 0 Å². The van der Waals surface area contributed by atoms with Gasteiger partial charge in [-0.2, -0.15) is 0 Å². The molecule has 0 aromatic carbocycles. The number of hydrogen-bond acceptors (Lipinski definition) is 2. The summed E-state index contributed by atoms with van der Waals surface area (Å²) < 4.78 is 0. The Bertz CT molecular complexity index is 432. The minimum absolute atomic E-state index is 0.347. The Balaban J connectivity index is 1.55. The molecule has 0 bridgehead atoms. The number of hydrogen-bond donors (Lipinski definition) is 0. The molecule has 2 heterocycles. The summed E-state index contributed by atoms with van der Waals surface area (Å²) in [5.41, 5.74) is 1.45. The average Bonchev–Trinajstić information content (AvgIpc) is 3.02. The molecule has 3 aliphatic rings. The lowest BCUT2D eigenvalue weighted by atomic mass is 9.93. The third kappa shape index (κ3) is 2.97. The van der Waals surface area contributed by atoms with Gasteiger partial charge in [-0.3, -0.25) is 4.79 Å². The second kappa shape index (κ2) is 6.00. The van der Waals surface area contributed by atoms with Crippen LogP contribution in [-0.4, -0.2) is 29.1 Å². The molecule has 1 aliphatic carbocycles. The van der Waals surface area contributed by atoms with Crippen molar-refractivity contribution in [1.82, 2.24) is 4.90 Å². The highest BCUT2D eigenvalue weighted by Crippen LogP contribution is 2.40. The van der Waals surface area contributed by atoms with Crippen LogP contribution in [0.5, 0.6) is 0 Å². The molecule has 3 rings (SSSR count). The van der Waals surface area contributed by atoms with E-state index in [2.05, 4.69) is 29.7 Å². The first-order valence-corrected chi connectivity index (χ1v) is 8.24. The van der Waals surface area contributed by atoms with Crippen LogP contribution >= 0.6 is 11.8 Å². The second-order valence-electron chi connectivity index (χ2n) is 5.50. The van der Waals surface area contributed by atoms with Crippen LogP contribution in [0, 0.1) is 5.92 Å². The largest absolute Gasteiger partial charge is 0.343 e. The molecule has 2 aliphatic heterocycles. The predicted octanol–water partition coefficient (Wildman–Crippen LogP) is 3.52. The Labute approximate surface area is 119 Å². The third-order valence-corrected chi connectivity index (χ3v) is 5.39. The highest BCUT2D eigenvalue weighted by molar-refractivity contribution is 8.03. The zero-order valence-corrected chi connectivity index (χ0v) is 12.1. The van der Waals surface area contributed by atoms with Gasteiger partial charge in [0.15, 0.2) is 0 Å². The van der Waals surface area contributed by atoms with Crippen molar-refractivity contribution < 1.29 is 4.79 Å². The van der Waals surface area contributed by atoms with Crippen LogP contribution in [0.2, 0.25) is 0 Å². The molecule has 0 N–H and O–H groups in total. The maximum atomic E-state index is 12.1. The SMILES string of the molecule is O=C(CCC1=CSC2C=CCC=CC12)N1CCCC1. The Morgan fingerprint density at radius 1 is 1.26 bits per heavy atom. The molecule has 0 spiro atoms. The van der Waals surface area contributed by atoms with Gasteiger partial charge < -0.3 is 4.90 Å². The molecule has 1 amide bonds. The van der Waals surface area contributed by atoms with Gasteiger partial charge in [0, 0.05) is 30.7 Å². The normalized spacial score (nSPS) is 29.3. The number of rotatable bonds is 3. The van der Waals surface area contributed by atoms with Gasteiger partial charge in [-0.1, -0.05) is 29.9 Å². The first-order chi connectivity index (χ1) is 9.34. The van der Waals surface area contributed by atoms with Crippen molar-refractivity contribution in [3.63, 3.8) is 0 Å². The van der Waals surface area contributed by atoms with Crippen molar-refractivity contribution in [2.75, 3.05) is 13.1 Å². The van der Waals surface area contributed by atoms with Gasteiger partial charge in [0.05, 0.1) is 0 Å². The number of fused-ring (bicyclic) bond motifs is 1. The van der Waals surface area contributed by atoms with Gasteiger partial charge in [0.25, 0.3) is 0 Å². The lowest BCUT2D eigenvalue weighted by Crippen LogP contribution is -2.27. The topological polar surface area (TPSA) is 20.3 Å². The second-order valence-corrected chi connectivity index (χ2v) is 6.55. The van der Waals surface area contributed by atoms with E-state index in [0.29, 0.717) is 23.5 Å². The van der Waals surface area contributed by atoms with Crippen LogP contribution in [0.1, 0.15) is 32.1 Å². The first-order valence-electron chi connectivity index (χ1n) is 7.30. The van der Waals surface area contributed by atoms with Gasteiger partial charge in [-0.25, -0.2) is 0 Å². The van der Waals surface area contributed by atoms with Gasteiger partial charge >= 0.3 is 0 Å². The Hall–Kier alpha value is -0.960. The van der Waals surface area contributed by atoms with Crippen molar-refractivity contribution in [3.05, 3.63) is 35.3 Å². The van der Waals surface area contributed by atoms with Crippen molar-refractivity contribution in [1.29, 1.82) is 0 Å². The Kier molecular flexibility index (Phi) is 4.12. The molecule has 0 aromatic heterocycles. The summed E-state index contributed by atoms with van der Waals surface area (Å²) in [7, 11) is 0. The highest BCUT2D eigenvalue weighted by atomic mass is 32.2. The smallest absolute Gasteiger partial charge is 0.222 e. The predicted molar refractivity (Wildman–Crippen MR) is 80.9 cm³/mol. The fourth-order valence-corrected chi connectivity index (χ4v) is 4.30. The van der Waals surface area contributed by atoms with E-state index in [1.807, 2.05) is 16.7 Å². The van der Waals surface area contributed by atoms with E-state index in [-0.39, 0.29) is 0 Å². The maximum absolute atomic E-state index is 12.1. The summed E-state index contributed by atoms with van der Waals surface area (Å²) in [4.78, 5) is 14.1. The molecule has 102 valence electrons. The van der Waals surface area contributed by atoms with Crippen molar-refractivity contribution in [2.45, 2.75) is 37.4 Å². The van der Waals surface area contributed by atoms with Gasteiger partial charge in [0.1, 0.15) is 0 Å². The lowest BCUT2D eigenvalue weighted by molar-refractivity contribution is -0.130. The molecular formula is C16H21NOS. The quantitative estimate of drug-likeness (QED) is 0.735. The van der Waals surface area contributed by atoms with Gasteiger partial charge in [-0.05, 0) is 31.1 Å². The number of thioether (sulfide) groups is 1. The van der Waals surface area contributed by atoms with Crippen LogP contribution < -0.4 is 0 Å². The standard InChI is InChI=1S/C16H21NOS/c18-16(17-10-4-5-11-17)9-8-13-12-19-15-7-3-1-2-6-14(13)15/h2-3,6-7,12,14-15H,1,4-5,8-11H2. The van der Waals surface area contributed by atoms with E-state index in [9.17, 15) is 4.79 Å². The van der Waals surface area contributed by atoms with E-state index in [1.165, 1.54) is 18.4 Å². The molecule has 3 heteroatoms. The molecule has 1 saturated heterocycles. The molecule has 0 radical (unpaired) electrons. The Morgan fingerprint density at radius 2 is 2.05 bits per heavy atom. The number of amides is 1. The monoisotopic (exact) mass is 275 g/mol. The molecule has 2 nitrogen and oxygen atoms in total. The van der Waals surface area contributed by atoms with Gasteiger partial charge in [0.2, 0.25) is 5.91 Å². The summed E-state index contributed by atoms with van der Waals surface area (Å²) in [5, 5.41) is 2.85. The lowest BCUT2D eigenvalue weighted by Gasteiger charge is -2.18. The minimum Gasteiger partial charge on any atom is -0.343 e. The van der Waals surface area contributed by atoms with E-state index in [4.69, 9.17) is 0 Å². The van der Waals surface area contributed by atoms with Crippen LogP contribution in [-0.2, 0) is 4.79 Å². The summed E-state index contributed by atoms with van der Waals surface area (Å²) in [6.45, 7) is 1.95. The number of carbonyl (C=O) groups is 1.